The van der Waals surface area contributed by atoms with Crippen LogP contribution in [-0.4, -0.2) is 36.4 Å². The van der Waals surface area contributed by atoms with E-state index in [-0.39, 0.29) is 30.0 Å². The van der Waals surface area contributed by atoms with Crippen LogP contribution in [0.25, 0.3) is 0 Å². The van der Waals surface area contributed by atoms with Crippen molar-refractivity contribution in [3.8, 4) is 11.5 Å². The van der Waals surface area contributed by atoms with Crippen molar-refractivity contribution >= 4 is 43.8 Å². The molecule has 2 aliphatic heterocycles. The summed E-state index contributed by atoms with van der Waals surface area (Å²) in [5.41, 5.74) is 2.87. The number of benzene rings is 2. The van der Waals surface area contributed by atoms with Crippen LogP contribution in [0.3, 0.4) is 0 Å². The largest absolute Gasteiger partial charge is 0.489 e. The molecule has 0 aromatic heterocycles. The van der Waals surface area contributed by atoms with Crippen molar-refractivity contribution < 1.29 is 28.9 Å². The Morgan fingerprint density at radius 1 is 0.839 bits per heavy atom. The van der Waals surface area contributed by atoms with Gasteiger partial charge in [-0.3, -0.25) is 0 Å². The molecular weight excluding hydrogens is 532 g/mol. The van der Waals surface area contributed by atoms with Gasteiger partial charge < -0.3 is 19.3 Å². The van der Waals surface area contributed by atoms with Gasteiger partial charge in [0.25, 0.3) is 0 Å². The van der Waals surface area contributed by atoms with E-state index >= 15 is 0 Å². The number of methoxy groups -OCH3 is 1. The number of carboxylic acids is 1. The van der Waals surface area contributed by atoms with E-state index in [1.54, 1.807) is 18.2 Å². The van der Waals surface area contributed by atoms with E-state index in [4.69, 9.17) is 19.3 Å². The summed E-state index contributed by atoms with van der Waals surface area (Å²) in [7, 11) is 1.38. The lowest BCUT2D eigenvalue weighted by Crippen LogP contribution is -2.10. The Morgan fingerprint density at radius 3 is 1.68 bits per heavy atom. The number of halogens is 2. The van der Waals surface area contributed by atoms with Crippen LogP contribution in [0.4, 0.5) is 0 Å². The third-order valence-electron chi connectivity index (χ3n) is 5.81. The van der Waals surface area contributed by atoms with E-state index in [9.17, 15) is 9.59 Å². The summed E-state index contributed by atoms with van der Waals surface area (Å²) in [4.78, 5) is 22.3. The first-order valence-electron chi connectivity index (χ1n) is 9.86. The Morgan fingerprint density at radius 2 is 1.26 bits per heavy atom. The van der Waals surface area contributed by atoms with Gasteiger partial charge in [-0.15, -0.1) is 0 Å². The average molecular weight is 556 g/mol. The number of esters is 1. The van der Waals surface area contributed by atoms with Crippen molar-refractivity contribution in [1.29, 1.82) is 0 Å². The Hall–Kier alpha value is -2.06. The lowest BCUT2D eigenvalue weighted by atomic mass is 9.97. The standard InChI is InChI=1S/C12H13BrO3.C11H11BrO3/c1-6-7(2)16-11-9(6)4-8(5-10(11)13)12(14)15-3;1-5-6(2)15-10-8(5)3-7(11(13)14)4-9(10)12/h4-7H,1-3H3;3-6H,1-2H3,(H,13,14)/t6-,7-;5-,6-/m00/s1. The van der Waals surface area contributed by atoms with Gasteiger partial charge >= 0.3 is 11.9 Å². The van der Waals surface area contributed by atoms with E-state index in [1.807, 2.05) is 26.8 Å². The molecule has 0 radical (unpaired) electrons. The molecule has 2 aromatic rings. The van der Waals surface area contributed by atoms with E-state index < -0.39 is 5.97 Å². The first-order chi connectivity index (χ1) is 14.5. The van der Waals surface area contributed by atoms with Crippen molar-refractivity contribution in [2.24, 2.45) is 0 Å². The van der Waals surface area contributed by atoms with Crippen LogP contribution in [0.1, 0.15) is 71.4 Å². The molecule has 0 saturated carbocycles. The highest BCUT2D eigenvalue weighted by atomic mass is 79.9. The van der Waals surface area contributed by atoms with Crippen molar-refractivity contribution in [1.82, 2.24) is 0 Å². The lowest BCUT2D eigenvalue weighted by Gasteiger charge is -2.07. The minimum Gasteiger partial charge on any atom is -0.489 e. The Balaban J connectivity index is 0.000000176. The molecule has 166 valence electrons. The molecule has 0 amide bonds. The zero-order valence-corrected chi connectivity index (χ0v) is 21.0. The Labute approximate surface area is 198 Å². The van der Waals surface area contributed by atoms with Crippen molar-refractivity contribution in [3.05, 3.63) is 55.5 Å². The molecule has 0 spiro atoms. The van der Waals surface area contributed by atoms with Gasteiger partial charge in [-0.1, -0.05) is 13.8 Å². The fourth-order valence-corrected chi connectivity index (χ4v) is 4.73. The van der Waals surface area contributed by atoms with Crippen LogP contribution in [0, 0.1) is 0 Å². The summed E-state index contributed by atoms with van der Waals surface area (Å²) in [5.74, 6) is 0.902. The topological polar surface area (TPSA) is 82.1 Å². The smallest absolute Gasteiger partial charge is 0.337 e. The highest BCUT2D eigenvalue weighted by Crippen LogP contribution is 2.44. The number of hydrogen-bond acceptors (Lipinski definition) is 5. The van der Waals surface area contributed by atoms with Gasteiger partial charge in [0, 0.05) is 23.0 Å². The van der Waals surface area contributed by atoms with E-state index in [0.717, 1.165) is 27.1 Å². The predicted octanol–water partition coefficient (Wildman–Crippen LogP) is 6.15. The minimum atomic E-state index is -0.912. The number of carboxylic acid groups (broad SMARTS) is 1. The Kier molecular flexibility index (Phi) is 7.01. The van der Waals surface area contributed by atoms with Crippen molar-refractivity contribution in [2.45, 2.75) is 51.7 Å². The van der Waals surface area contributed by atoms with Crippen LogP contribution < -0.4 is 9.47 Å². The highest BCUT2D eigenvalue weighted by molar-refractivity contribution is 9.11. The maximum Gasteiger partial charge on any atom is 0.337 e. The SMILES string of the molecule is COC(=O)c1cc(Br)c2c(c1)[C@@H](C)[C@H](C)O2.C[C@@H]1Oc2c(Br)cc(C(=O)O)cc2[C@H]1C. The van der Waals surface area contributed by atoms with Crippen LogP contribution in [0.5, 0.6) is 11.5 Å². The Bertz CT molecular complexity index is 1040. The summed E-state index contributed by atoms with van der Waals surface area (Å²) < 4.78 is 17.6. The second-order valence-electron chi connectivity index (χ2n) is 7.77. The van der Waals surface area contributed by atoms with Gasteiger partial charge in [0.1, 0.15) is 23.7 Å². The van der Waals surface area contributed by atoms with Gasteiger partial charge in [-0.05, 0) is 70.0 Å². The molecule has 0 saturated heterocycles. The number of rotatable bonds is 2. The number of ether oxygens (including phenoxy) is 3. The molecule has 4 atom stereocenters. The maximum absolute atomic E-state index is 11.5. The molecule has 2 heterocycles. The number of carbonyl (C=O) groups is 2. The number of hydrogen-bond donors (Lipinski definition) is 1. The second kappa shape index (κ2) is 9.20. The number of fused-ring (bicyclic) bond motifs is 2. The zero-order valence-electron chi connectivity index (χ0n) is 17.9. The van der Waals surface area contributed by atoms with Gasteiger partial charge in [-0.25, -0.2) is 9.59 Å². The first-order valence-corrected chi connectivity index (χ1v) is 11.5. The predicted molar refractivity (Wildman–Crippen MR) is 124 cm³/mol. The monoisotopic (exact) mass is 554 g/mol. The molecular formula is C23H24Br2O6. The van der Waals surface area contributed by atoms with Crippen LogP contribution in [-0.2, 0) is 4.74 Å². The molecule has 0 bridgehead atoms. The van der Waals surface area contributed by atoms with Crippen molar-refractivity contribution in [3.63, 3.8) is 0 Å². The molecule has 0 aliphatic carbocycles. The minimum absolute atomic E-state index is 0.0975. The van der Waals surface area contributed by atoms with Crippen LogP contribution >= 0.6 is 31.9 Å². The van der Waals surface area contributed by atoms with Gasteiger partial charge in [-0.2, -0.15) is 0 Å². The fraction of sp³-hybridized carbons (Fsp3) is 0.391. The molecule has 8 heteroatoms. The van der Waals surface area contributed by atoms with E-state index in [1.165, 1.54) is 7.11 Å². The molecule has 0 unspecified atom stereocenters. The third-order valence-corrected chi connectivity index (χ3v) is 6.99. The summed E-state index contributed by atoms with van der Waals surface area (Å²) in [6.45, 7) is 8.13. The molecule has 31 heavy (non-hydrogen) atoms. The molecule has 2 aliphatic rings. The second-order valence-corrected chi connectivity index (χ2v) is 9.48. The molecule has 6 nitrogen and oxygen atoms in total. The highest BCUT2D eigenvalue weighted by Gasteiger charge is 2.31. The quantitative estimate of drug-likeness (QED) is 0.447. The van der Waals surface area contributed by atoms with Crippen molar-refractivity contribution in [2.75, 3.05) is 7.11 Å². The summed E-state index contributed by atoms with van der Waals surface area (Å²) in [6.07, 6.45) is 0.236. The third kappa shape index (κ3) is 4.60. The normalized spacial score (nSPS) is 22.9. The van der Waals surface area contributed by atoms with E-state index in [0.29, 0.717) is 15.6 Å². The molecule has 2 aromatic carbocycles. The van der Waals surface area contributed by atoms with Gasteiger partial charge in [0.2, 0.25) is 0 Å². The molecule has 4 rings (SSSR count). The maximum atomic E-state index is 11.5. The average Bonchev–Trinajstić information content (AvgIpc) is 3.19. The van der Waals surface area contributed by atoms with Crippen LogP contribution in [0.15, 0.2) is 33.2 Å². The molecule has 0 fully saturated rings. The zero-order chi connectivity index (χ0) is 23.0. The van der Waals surface area contributed by atoms with Crippen LogP contribution in [0.2, 0.25) is 0 Å². The molecule has 1 N–H and O–H groups in total. The van der Waals surface area contributed by atoms with Gasteiger partial charge in [0.05, 0.1) is 27.2 Å². The number of carbonyl (C=O) groups excluding carboxylic acids is 1. The van der Waals surface area contributed by atoms with E-state index in [2.05, 4.69) is 38.8 Å². The fourth-order valence-electron chi connectivity index (χ4n) is 3.60. The number of aromatic carboxylic acids is 1. The summed E-state index contributed by atoms with van der Waals surface area (Å²) in [5, 5.41) is 8.93. The lowest BCUT2D eigenvalue weighted by molar-refractivity contribution is 0.0599. The summed E-state index contributed by atoms with van der Waals surface area (Å²) in [6, 6.07) is 6.85. The van der Waals surface area contributed by atoms with Gasteiger partial charge in [0.15, 0.2) is 0 Å². The first kappa shape index (κ1) is 23.6. The summed E-state index contributed by atoms with van der Waals surface area (Å²) >= 11 is 6.75.